The molecule has 2 atom stereocenters. The van der Waals surface area contributed by atoms with Gasteiger partial charge in [0.25, 0.3) is 0 Å². The van der Waals surface area contributed by atoms with E-state index in [2.05, 4.69) is 6.07 Å². The predicted octanol–water partition coefficient (Wildman–Crippen LogP) is 1.94. The van der Waals surface area contributed by atoms with Crippen LogP contribution in [0.15, 0.2) is 24.3 Å². The van der Waals surface area contributed by atoms with E-state index in [-0.39, 0.29) is 17.9 Å². The van der Waals surface area contributed by atoms with Crippen LogP contribution in [-0.2, 0) is 16.0 Å². The number of rotatable bonds is 5. The molecule has 0 aliphatic carbocycles. The second-order valence-electron chi connectivity index (χ2n) is 7.03. The third kappa shape index (κ3) is 3.61. The minimum atomic E-state index is 0.144. The van der Waals surface area contributed by atoms with Crippen molar-refractivity contribution in [3.63, 3.8) is 0 Å². The minimum Gasteiger partial charge on any atom is -0.342 e. The molecule has 1 saturated heterocycles. The van der Waals surface area contributed by atoms with Crippen LogP contribution in [0, 0.1) is 5.92 Å². The first-order valence-corrected chi connectivity index (χ1v) is 8.98. The van der Waals surface area contributed by atoms with Gasteiger partial charge in [-0.2, -0.15) is 0 Å². The topological polar surface area (TPSA) is 66.6 Å². The van der Waals surface area contributed by atoms with Crippen molar-refractivity contribution in [1.82, 2.24) is 4.90 Å². The van der Waals surface area contributed by atoms with E-state index in [1.54, 1.807) is 0 Å². The maximum absolute atomic E-state index is 12.4. The van der Waals surface area contributed by atoms with E-state index in [0.29, 0.717) is 31.7 Å². The van der Waals surface area contributed by atoms with Gasteiger partial charge in [-0.1, -0.05) is 18.2 Å². The molecule has 5 nitrogen and oxygen atoms in total. The van der Waals surface area contributed by atoms with E-state index in [4.69, 9.17) is 5.73 Å². The standard InChI is InChI=1S/C19H27N3O2/c1-14(20)16-10-12-21(13-16)18(23)7-4-11-22-17-6-3-2-5-15(17)8-9-19(22)24/h2-3,5-6,14,16H,4,7-13,20H2,1H3. The third-order valence-electron chi connectivity index (χ3n) is 5.29. The highest BCUT2D eigenvalue weighted by Crippen LogP contribution is 2.28. The lowest BCUT2D eigenvalue weighted by molar-refractivity contribution is -0.130. The van der Waals surface area contributed by atoms with Gasteiger partial charge in [-0.3, -0.25) is 9.59 Å². The molecule has 1 fully saturated rings. The number of benzene rings is 1. The number of likely N-dealkylation sites (tertiary alicyclic amines) is 1. The van der Waals surface area contributed by atoms with Crippen molar-refractivity contribution in [2.45, 2.75) is 45.1 Å². The molecule has 5 heteroatoms. The third-order valence-corrected chi connectivity index (χ3v) is 5.29. The molecule has 0 spiro atoms. The summed E-state index contributed by atoms with van der Waals surface area (Å²) in [7, 11) is 0. The quantitative estimate of drug-likeness (QED) is 0.898. The molecule has 24 heavy (non-hydrogen) atoms. The second-order valence-corrected chi connectivity index (χ2v) is 7.03. The van der Waals surface area contributed by atoms with E-state index in [1.165, 1.54) is 5.56 Å². The molecule has 0 bridgehead atoms. The van der Waals surface area contributed by atoms with Gasteiger partial charge in [0.05, 0.1) is 0 Å². The van der Waals surface area contributed by atoms with E-state index >= 15 is 0 Å². The van der Waals surface area contributed by atoms with Crippen molar-refractivity contribution in [3.8, 4) is 0 Å². The Morgan fingerprint density at radius 1 is 1.33 bits per heavy atom. The summed E-state index contributed by atoms with van der Waals surface area (Å²) in [5, 5.41) is 0. The maximum Gasteiger partial charge on any atom is 0.227 e. The fraction of sp³-hybridized carbons (Fsp3) is 0.579. The normalized spacial score (nSPS) is 21.8. The highest BCUT2D eigenvalue weighted by Gasteiger charge is 2.28. The number of fused-ring (bicyclic) bond motifs is 1. The van der Waals surface area contributed by atoms with Crippen LogP contribution in [0.4, 0.5) is 5.69 Å². The first-order chi connectivity index (χ1) is 11.6. The zero-order valence-electron chi connectivity index (χ0n) is 14.4. The van der Waals surface area contributed by atoms with Crippen LogP contribution in [0.3, 0.4) is 0 Å². The van der Waals surface area contributed by atoms with Crippen LogP contribution >= 0.6 is 0 Å². The summed E-state index contributed by atoms with van der Waals surface area (Å²) in [4.78, 5) is 28.4. The summed E-state index contributed by atoms with van der Waals surface area (Å²) in [6.07, 6.45) is 3.58. The van der Waals surface area contributed by atoms with Crippen LogP contribution in [0.5, 0.6) is 0 Å². The second kappa shape index (κ2) is 7.34. The molecule has 2 aliphatic rings. The summed E-state index contributed by atoms with van der Waals surface area (Å²) in [5.74, 6) is 0.778. The summed E-state index contributed by atoms with van der Waals surface area (Å²) < 4.78 is 0. The summed E-state index contributed by atoms with van der Waals surface area (Å²) in [5.41, 5.74) is 8.17. The molecule has 1 aromatic carbocycles. The number of para-hydroxylation sites is 1. The van der Waals surface area contributed by atoms with E-state index in [0.717, 1.165) is 31.6 Å². The first-order valence-electron chi connectivity index (χ1n) is 8.98. The number of nitrogens with zero attached hydrogens (tertiary/aromatic N) is 2. The smallest absolute Gasteiger partial charge is 0.227 e. The summed E-state index contributed by atoms with van der Waals surface area (Å²) >= 11 is 0. The molecule has 1 aromatic rings. The Morgan fingerprint density at radius 3 is 2.88 bits per heavy atom. The molecule has 2 unspecified atom stereocenters. The molecule has 2 aliphatic heterocycles. The van der Waals surface area contributed by atoms with Crippen molar-refractivity contribution in [2.75, 3.05) is 24.5 Å². The first kappa shape index (κ1) is 17.0. The molecule has 0 aromatic heterocycles. The van der Waals surface area contributed by atoms with Crippen molar-refractivity contribution < 1.29 is 9.59 Å². The van der Waals surface area contributed by atoms with Crippen molar-refractivity contribution >= 4 is 17.5 Å². The Kier molecular flexibility index (Phi) is 5.19. The van der Waals surface area contributed by atoms with Gasteiger partial charge in [0, 0.05) is 44.2 Å². The fourth-order valence-corrected chi connectivity index (χ4v) is 3.73. The van der Waals surface area contributed by atoms with Crippen molar-refractivity contribution in [2.24, 2.45) is 11.7 Å². The van der Waals surface area contributed by atoms with Crippen LogP contribution in [-0.4, -0.2) is 42.4 Å². The van der Waals surface area contributed by atoms with Gasteiger partial charge in [0.1, 0.15) is 0 Å². The van der Waals surface area contributed by atoms with E-state index < -0.39 is 0 Å². The SMILES string of the molecule is CC(N)C1CCN(C(=O)CCCN2C(=O)CCc3ccccc32)C1. The number of nitrogens with two attached hydrogens (primary N) is 1. The van der Waals surface area contributed by atoms with Gasteiger partial charge >= 0.3 is 0 Å². The highest BCUT2D eigenvalue weighted by atomic mass is 16.2. The van der Waals surface area contributed by atoms with Gasteiger partial charge in [0.15, 0.2) is 0 Å². The molecule has 2 heterocycles. The molecular weight excluding hydrogens is 302 g/mol. The highest BCUT2D eigenvalue weighted by molar-refractivity contribution is 5.96. The van der Waals surface area contributed by atoms with Crippen molar-refractivity contribution in [1.29, 1.82) is 0 Å². The average Bonchev–Trinajstić information content (AvgIpc) is 3.07. The van der Waals surface area contributed by atoms with Gasteiger partial charge in [-0.25, -0.2) is 0 Å². The Balaban J connectivity index is 1.52. The van der Waals surface area contributed by atoms with Crippen molar-refractivity contribution in [3.05, 3.63) is 29.8 Å². The van der Waals surface area contributed by atoms with Crippen LogP contribution < -0.4 is 10.6 Å². The van der Waals surface area contributed by atoms with Gasteiger partial charge in [-0.15, -0.1) is 0 Å². The molecule has 2 amide bonds. The number of hydrogen-bond donors (Lipinski definition) is 1. The number of aryl methyl sites for hydroxylation is 1. The Bertz CT molecular complexity index is 614. The molecule has 0 saturated carbocycles. The number of carbonyl (C=O) groups is 2. The number of carbonyl (C=O) groups excluding carboxylic acids is 2. The molecular formula is C19H27N3O2. The number of anilines is 1. The molecule has 130 valence electrons. The predicted molar refractivity (Wildman–Crippen MR) is 94.7 cm³/mol. The fourth-order valence-electron chi connectivity index (χ4n) is 3.73. The largest absolute Gasteiger partial charge is 0.342 e. The zero-order valence-corrected chi connectivity index (χ0v) is 14.4. The lowest BCUT2D eigenvalue weighted by atomic mass is 10.0. The number of hydrogen-bond acceptors (Lipinski definition) is 3. The minimum absolute atomic E-state index is 0.144. The van der Waals surface area contributed by atoms with Gasteiger partial charge in [-0.05, 0) is 43.7 Å². The lowest BCUT2D eigenvalue weighted by Gasteiger charge is -2.29. The molecule has 3 rings (SSSR count). The summed E-state index contributed by atoms with van der Waals surface area (Å²) in [6.45, 7) is 4.22. The lowest BCUT2D eigenvalue weighted by Crippen LogP contribution is -2.37. The molecule has 2 N–H and O–H groups in total. The Morgan fingerprint density at radius 2 is 2.12 bits per heavy atom. The van der Waals surface area contributed by atoms with Crippen LogP contribution in [0.2, 0.25) is 0 Å². The number of amides is 2. The van der Waals surface area contributed by atoms with Crippen LogP contribution in [0.25, 0.3) is 0 Å². The van der Waals surface area contributed by atoms with Gasteiger partial charge in [0.2, 0.25) is 11.8 Å². The zero-order chi connectivity index (χ0) is 17.1. The average molecular weight is 329 g/mol. The van der Waals surface area contributed by atoms with E-state index in [9.17, 15) is 9.59 Å². The van der Waals surface area contributed by atoms with Gasteiger partial charge < -0.3 is 15.5 Å². The van der Waals surface area contributed by atoms with E-state index in [1.807, 2.05) is 34.9 Å². The molecule has 0 radical (unpaired) electrons. The Hall–Kier alpha value is -1.88. The monoisotopic (exact) mass is 329 g/mol. The van der Waals surface area contributed by atoms with Crippen LogP contribution in [0.1, 0.15) is 38.2 Å². The maximum atomic E-state index is 12.4. The summed E-state index contributed by atoms with van der Waals surface area (Å²) in [6, 6.07) is 8.21. The Labute approximate surface area is 143 Å².